The van der Waals surface area contributed by atoms with E-state index >= 15 is 0 Å². The first kappa shape index (κ1) is 30.7. The van der Waals surface area contributed by atoms with Gasteiger partial charge in [-0.05, 0) is 56.9 Å². The molecular formula is C33H36BrN3O6. The maximum Gasteiger partial charge on any atom is 0.407 e. The molecule has 0 spiro atoms. The molecule has 9 nitrogen and oxygen atoms in total. The highest BCUT2D eigenvalue weighted by Crippen LogP contribution is 2.77. The van der Waals surface area contributed by atoms with E-state index < -0.39 is 44.6 Å². The van der Waals surface area contributed by atoms with Gasteiger partial charge in [-0.1, -0.05) is 76.6 Å². The van der Waals surface area contributed by atoms with Gasteiger partial charge >= 0.3 is 6.09 Å². The third kappa shape index (κ3) is 4.61. The van der Waals surface area contributed by atoms with Crippen LogP contribution in [-0.2, 0) is 23.9 Å². The quantitative estimate of drug-likeness (QED) is 0.249. The lowest BCUT2D eigenvalue weighted by atomic mass is 9.63. The predicted molar refractivity (Wildman–Crippen MR) is 165 cm³/mol. The van der Waals surface area contributed by atoms with Crippen LogP contribution in [0, 0.1) is 16.7 Å². The first-order chi connectivity index (χ1) is 20.2. The van der Waals surface area contributed by atoms with Crippen LogP contribution in [0.4, 0.5) is 4.79 Å². The molecule has 1 saturated carbocycles. The molecule has 10 heteroatoms. The second-order valence-corrected chi connectivity index (χ2v) is 13.9. The smallest absolute Gasteiger partial charge is 0.407 e. The maximum absolute atomic E-state index is 14.4. The lowest BCUT2D eigenvalue weighted by Gasteiger charge is -2.41. The summed E-state index contributed by atoms with van der Waals surface area (Å²) in [6.45, 7) is 8.98. The van der Waals surface area contributed by atoms with Crippen molar-refractivity contribution in [3.8, 4) is 0 Å². The molecule has 0 radical (unpaired) electrons. The lowest BCUT2D eigenvalue weighted by molar-refractivity contribution is -0.144. The van der Waals surface area contributed by atoms with Gasteiger partial charge in [-0.25, -0.2) is 4.79 Å². The molecule has 1 heterocycles. The SMILES string of the molecule is CC(C)(C)OC(=O)NCCNC(=O)CCN1C(=O)C2C3(C)C(=O)C(C)(C(c4ccccc4)=C3c3ccccc3)C2(Br)C1=O. The summed E-state index contributed by atoms with van der Waals surface area (Å²) in [5.74, 6) is -2.51. The maximum atomic E-state index is 14.4. The van der Waals surface area contributed by atoms with E-state index in [2.05, 4.69) is 26.6 Å². The second-order valence-electron chi connectivity index (χ2n) is 12.6. The minimum atomic E-state index is -1.50. The van der Waals surface area contributed by atoms with Gasteiger partial charge in [-0.3, -0.25) is 24.1 Å². The Morgan fingerprint density at radius 2 is 1.42 bits per heavy atom. The second kappa shape index (κ2) is 10.7. The Hall–Kier alpha value is -3.79. The van der Waals surface area contributed by atoms with Gasteiger partial charge in [-0.2, -0.15) is 0 Å². The van der Waals surface area contributed by atoms with E-state index in [4.69, 9.17) is 4.74 Å². The van der Waals surface area contributed by atoms with Crippen LogP contribution in [-0.4, -0.2) is 64.1 Å². The van der Waals surface area contributed by atoms with Crippen molar-refractivity contribution in [2.75, 3.05) is 19.6 Å². The molecule has 3 aliphatic rings. The molecule has 2 N–H and O–H groups in total. The van der Waals surface area contributed by atoms with Crippen molar-refractivity contribution in [3.05, 3.63) is 71.8 Å². The Morgan fingerprint density at radius 3 is 1.98 bits per heavy atom. The summed E-state index contributed by atoms with van der Waals surface area (Å²) >= 11 is 3.72. The van der Waals surface area contributed by atoms with Crippen molar-refractivity contribution in [2.45, 2.75) is 51.0 Å². The largest absolute Gasteiger partial charge is 0.444 e. The van der Waals surface area contributed by atoms with Crippen molar-refractivity contribution in [2.24, 2.45) is 16.7 Å². The molecule has 43 heavy (non-hydrogen) atoms. The van der Waals surface area contributed by atoms with Crippen LogP contribution in [0.2, 0.25) is 0 Å². The number of ether oxygens (including phenoxy) is 1. The average Bonchev–Trinajstić information content (AvgIpc) is 3.34. The lowest BCUT2D eigenvalue weighted by Crippen LogP contribution is -2.50. The number of halogens is 1. The Morgan fingerprint density at radius 1 is 0.884 bits per heavy atom. The molecule has 2 bridgehead atoms. The number of carbonyl (C=O) groups excluding carboxylic acids is 5. The van der Waals surface area contributed by atoms with Crippen LogP contribution in [0.15, 0.2) is 60.7 Å². The van der Waals surface area contributed by atoms with Gasteiger partial charge in [0, 0.05) is 26.1 Å². The van der Waals surface area contributed by atoms with E-state index in [0.29, 0.717) is 0 Å². The van der Waals surface area contributed by atoms with Gasteiger partial charge in [0.2, 0.25) is 17.7 Å². The summed E-state index contributed by atoms with van der Waals surface area (Å²) in [5, 5.41) is 5.26. The Kier molecular flexibility index (Phi) is 7.65. The summed E-state index contributed by atoms with van der Waals surface area (Å²) < 4.78 is 3.67. The first-order valence-corrected chi connectivity index (χ1v) is 15.2. The van der Waals surface area contributed by atoms with Gasteiger partial charge in [-0.15, -0.1) is 0 Å². The number of benzene rings is 2. The van der Waals surface area contributed by atoms with Crippen LogP contribution < -0.4 is 10.6 Å². The molecule has 2 aromatic carbocycles. The van der Waals surface area contributed by atoms with Crippen molar-refractivity contribution in [1.82, 2.24) is 15.5 Å². The zero-order chi connectivity index (χ0) is 31.4. The van der Waals surface area contributed by atoms with Crippen molar-refractivity contribution >= 4 is 56.7 Å². The summed E-state index contributed by atoms with van der Waals surface area (Å²) in [5.41, 5.74) is -0.115. The highest BCUT2D eigenvalue weighted by atomic mass is 79.9. The number of Topliss-reactive ketones (excluding diaryl/α,β-unsaturated/α-hetero) is 1. The van der Waals surface area contributed by atoms with E-state index in [1.807, 2.05) is 60.7 Å². The number of alkyl carbamates (subject to hydrolysis) is 1. The Balaban J connectivity index is 1.38. The molecule has 5 rings (SSSR count). The van der Waals surface area contributed by atoms with E-state index in [9.17, 15) is 24.0 Å². The molecule has 4 atom stereocenters. The van der Waals surface area contributed by atoms with E-state index in [1.165, 1.54) is 0 Å². The topological polar surface area (TPSA) is 122 Å². The standard InChI is InChI=1S/C33H36BrN3O6/c1-30(2,3)43-29(42)36-18-17-35-22(38)16-19-37-26(39)25-31(4)23(20-12-8-6-9-13-20)24(21-14-10-7-11-15-21)32(5,27(31)40)33(25,34)28(37)41/h6-15,25H,16-19H2,1-5H3,(H,35,38)(H,36,42). The number of fused-ring (bicyclic) bond motifs is 5. The summed E-state index contributed by atoms with van der Waals surface area (Å²) in [6, 6.07) is 19.1. The third-order valence-corrected chi connectivity index (χ3v) is 10.4. The molecule has 4 unspecified atom stereocenters. The Labute approximate surface area is 259 Å². The third-order valence-electron chi connectivity index (χ3n) is 8.77. The Bertz CT molecular complexity index is 1530. The number of nitrogens with one attached hydrogen (secondary N) is 2. The van der Waals surface area contributed by atoms with Crippen LogP contribution in [0.1, 0.15) is 52.2 Å². The van der Waals surface area contributed by atoms with E-state index in [-0.39, 0.29) is 37.7 Å². The molecule has 2 aromatic rings. The van der Waals surface area contributed by atoms with Crippen LogP contribution in [0.5, 0.6) is 0 Å². The zero-order valence-electron chi connectivity index (χ0n) is 25.0. The van der Waals surface area contributed by atoms with Crippen molar-refractivity contribution in [1.29, 1.82) is 0 Å². The molecule has 226 valence electrons. The fourth-order valence-electron chi connectivity index (χ4n) is 7.05. The average molecular weight is 651 g/mol. The number of nitrogens with zero attached hydrogens (tertiary/aromatic N) is 1. The van der Waals surface area contributed by atoms with Crippen molar-refractivity contribution in [3.63, 3.8) is 0 Å². The van der Waals surface area contributed by atoms with Gasteiger partial charge in [0.1, 0.15) is 9.93 Å². The fourth-order valence-corrected chi connectivity index (χ4v) is 8.30. The summed E-state index contributed by atoms with van der Waals surface area (Å²) in [6.07, 6.45) is -0.709. The summed E-state index contributed by atoms with van der Waals surface area (Å²) in [7, 11) is 0. The monoisotopic (exact) mass is 649 g/mol. The minimum Gasteiger partial charge on any atom is -0.444 e. The zero-order valence-corrected chi connectivity index (χ0v) is 26.5. The van der Waals surface area contributed by atoms with Gasteiger partial charge in [0.25, 0.3) is 0 Å². The molecule has 2 aliphatic carbocycles. The van der Waals surface area contributed by atoms with Gasteiger partial charge < -0.3 is 15.4 Å². The highest BCUT2D eigenvalue weighted by Gasteiger charge is 2.85. The molecule has 0 aromatic heterocycles. The number of rotatable bonds is 8. The number of carbonyl (C=O) groups is 5. The van der Waals surface area contributed by atoms with E-state index in [0.717, 1.165) is 27.2 Å². The summed E-state index contributed by atoms with van der Waals surface area (Å²) in [4.78, 5) is 68.2. The highest BCUT2D eigenvalue weighted by molar-refractivity contribution is 9.10. The molecule has 4 amide bonds. The number of allylic oxidation sites excluding steroid dienone is 2. The van der Waals surface area contributed by atoms with Crippen LogP contribution >= 0.6 is 15.9 Å². The minimum absolute atomic E-state index is 0.119. The molecule has 1 aliphatic heterocycles. The number of amides is 4. The van der Waals surface area contributed by atoms with Crippen LogP contribution in [0.25, 0.3) is 11.1 Å². The number of imide groups is 1. The number of hydrogen-bond acceptors (Lipinski definition) is 6. The fraction of sp³-hybridized carbons (Fsp3) is 0.424. The normalized spacial score (nSPS) is 27.9. The van der Waals surface area contributed by atoms with Gasteiger partial charge in [0.05, 0.1) is 16.7 Å². The number of alkyl halides is 1. The van der Waals surface area contributed by atoms with Gasteiger partial charge in [0.15, 0.2) is 5.78 Å². The van der Waals surface area contributed by atoms with Crippen molar-refractivity contribution < 1.29 is 28.7 Å². The predicted octanol–water partition coefficient (Wildman–Crippen LogP) is 4.36. The van der Waals surface area contributed by atoms with E-state index in [1.54, 1.807) is 34.6 Å². The molecule has 2 fully saturated rings. The number of ketones is 1. The van der Waals surface area contributed by atoms with Crippen LogP contribution in [0.3, 0.4) is 0 Å². The number of hydrogen-bond donors (Lipinski definition) is 2. The number of likely N-dealkylation sites (tertiary alicyclic amines) is 1. The molecular weight excluding hydrogens is 614 g/mol. The first-order valence-electron chi connectivity index (χ1n) is 14.4. The molecule has 1 saturated heterocycles.